The van der Waals surface area contributed by atoms with Gasteiger partial charge in [0.2, 0.25) is 0 Å². The highest BCUT2D eigenvalue weighted by molar-refractivity contribution is 9.10. The van der Waals surface area contributed by atoms with Gasteiger partial charge in [0.25, 0.3) is 0 Å². The molecule has 68 valence electrons. The number of carboxylic acid groups (broad SMARTS) is 1. The van der Waals surface area contributed by atoms with Crippen molar-refractivity contribution < 1.29 is 9.90 Å². The zero-order valence-electron chi connectivity index (χ0n) is 6.66. The van der Waals surface area contributed by atoms with Crippen LogP contribution in [-0.4, -0.2) is 15.9 Å². The molecule has 0 radical (unpaired) electrons. The van der Waals surface area contributed by atoms with Crippen molar-refractivity contribution in [3.05, 3.63) is 34.3 Å². The van der Waals surface area contributed by atoms with E-state index in [9.17, 15) is 4.79 Å². The van der Waals surface area contributed by atoms with Crippen LogP contribution in [-0.2, 0) is 11.2 Å². The number of halogens is 1. The first-order chi connectivity index (χ1) is 6.09. The lowest BCUT2D eigenvalue weighted by Crippen LogP contribution is -2.12. The predicted molar refractivity (Wildman–Crippen MR) is 58.1 cm³/mol. The normalized spacial score (nSPS) is 9.62. The monoisotopic (exact) mass is 258 g/mol. The lowest BCUT2D eigenvalue weighted by Gasteiger charge is -1.99. The number of aliphatic carboxylic acids is 1. The van der Waals surface area contributed by atoms with Gasteiger partial charge in [-0.05, 0) is 17.7 Å². The van der Waals surface area contributed by atoms with Crippen molar-refractivity contribution in [2.45, 2.75) is 6.42 Å². The molecule has 1 aromatic carbocycles. The van der Waals surface area contributed by atoms with Gasteiger partial charge in [-0.1, -0.05) is 40.3 Å². The van der Waals surface area contributed by atoms with Crippen LogP contribution in [0.3, 0.4) is 0 Å². The van der Waals surface area contributed by atoms with Gasteiger partial charge in [0.1, 0.15) is 4.86 Å². The van der Waals surface area contributed by atoms with E-state index < -0.39 is 5.97 Å². The summed E-state index contributed by atoms with van der Waals surface area (Å²) < 4.78 is 0.970. The number of thiocarbonyl (C=S) groups is 1. The lowest BCUT2D eigenvalue weighted by atomic mass is 10.1. The van der Waals surface area contributed by atoms with Crippen LogP contribution >= 0.6 is 28.1 Å². The third-order valence-electron chi connectivity index (χ3n) is 1.52. The van der Waals surface area contributed by atoms with Crippen LogP contribution in [0, 0.1) is 0 Å². The van der Waals surface area contributed by atoms with Crippen LogP contribution in [0.5, 0.6) is 0 Å². The molecule has 1 N–H and O–H groups in total. The summed E-state index contributed by atoms with van der Waals surface area (Å²) in [7, 11) is 0. The summed E-state index contributed by atoms with van der Waals surface area (Å²) in [5, 5.41) is 8.55. The highest BCUT2D eigenvalue weighted by atomic mass is 79.9. The molecule has 0 saturated heterocycles. The average molecular weight is 259 g/mol. The minimum absolute atomic E-state index is 0.0438. The SMILES string of the molecule is O=C(O)C(=S)Cc1ccc(Br)cc1. The smallest absolute Gasteiger partial charge is 0.342 e. The third kappa shape index (κ3) is 3.24. The Hall–Kier alpha value is -0.740. The Labute approximate surface area is 89.7 Å². The van der Waals surface area contributed by atoms with E-state index in [1.54, 1.807) is 0 Å². The van der Waals surface area contributed by atoms with Gasteiger partial charge in [-0.2, -0.15) is 0 Å². The van der Waals surface area contributed by atoms with E-state index in [-0.39, 0.29) is 4.86 Å². The molecule has 13 heavy (non-hydrogen) atoms. The Bertz CT molecular complexity index is 332. The Balaban J connectivity index is 2.70. The summed E-state index contributed by atoms with van der Waals surface area (Å²) in [5.41, 5.74) is 0.913. The fourth-order valence-electron chi connectivity index (χ4n) is 0.863. The van der Waals surface area contributed by atoms with Crippen molar-refractivity contribution >= 4 is 39.0 Å². The molecule has 0 aliphatic carbocycles. The summed E-state index contributed by atoms with van der Waals surface area (Å²) in [6.07, 6.45) is 0.317. The van der Waals surface area contributed by atoms with Crippen LogP contribution in [0.25, 0.3) is 0 Å². The van der Waals surface area contributed by atoms with E-state index in [1.807, 2.05) is 24.3 Å². The van der Waals surface area contributed by atoms with Crippen LogP contribution in [0.1, 0.15) is 5.56 Å². The third-order valence-corrected chi connectivity index (χ3v) is 2.36. The largest absolute Gasteiger partial charge is 0.477 e. The molecule has 0 unspecified atom stereocenters. The zero-order chi connectivity index (χ0) is 9.84. The van der Waals surface area contributed by atoms with Gasteiger partial charge >= 0.3 is 5.97 Å². The van der Waals surface area contributed by atoms with E-state index in [0.717, 1.165) is 10.0 Å². The lowest BCUT2D eigenvalue weighted by molar-refractivity contribution is -0.129. The Kier molecular flexibility index (Phi) is 3.57. The van der Waals surface area contributed by atoms with E-state index in [1.165, 1.54) is 0 Å². The average Bonchev–Trinajstić information content (AvgIpc) is 2.08. The highest BCUT2D eigenvalue weighted by Crippen LogP contribution is 2.11. The maximum absolute atomic E-state index is 10.4. The van der Waals surface area contributed by atoms with Crippen molar-refractivity contribution in [1.29, 1.82) is 0 Å². The molecule has 0 spiro atoms. The number of benzene rings is 1. The van der Waals surface area contributed by atoms with E-state index in [2.05, 4.69) is 28.1 Å². The standard InChI is InChI=1S/C9H7BrO2S/c10-7-3-1-6(2-4-7)5-8(13)9(11)12/h1-4H,5H2,(H,11,12). The fourth-order valence-corrected chi connectivity index (χ4v) is 1.29. The van der Waals surface area contributed by atoms with Gasteiger partial charge in [0.15, 0.2) is 0 Å². The van der Waals surface area contributed by atoms with Gasteiger partial charge in [-0.3, -0.25) is 0 Å². The summed E-state index contributed by atoms with van der Waals surface area (Å²) in [6.45, 7) is 0. The number of carboxylic acids is 1. The minimum Gasteiger partial charge on any atom is -0.477 e. The molecule has 1 aromatic rings. The summed E-state index contributed by atoms with van der Waals surface area (Å²) in [5.74, 6) is -1.02. The van der Waals surface area contributed by atoms with Gasteiger partial charge in [-0.25, -0.2) is 4.79 Å². The molecule has 0 aliphatic rings. The van der Waals surface area contributed by atoms with Crippen molar-refractivity contribution in [3.63, 3.8) is 0 Å². The molecule has 0 bridgehead atoms. The quantitative estimate of drug-likeness (QED) is 0.847. The maximum Gasteiger partial charge on any atom is 0.342 e. The van der Waals surface area contributed by atoms with E-state index in [0.29, 0.717) is 6.42 Å². The molecule has 4 heteroatoms. The van der Waals surface area contributed by atoms with Crippen molar-refractivity contribution in [2.24, 2.45) is 0 Å². The maximum atomic E-state index is 10.4. The molecule has 0 aliphatic heterocycles. The van der Waals surface area contributed by atoms with E-state index >= 15 is 0 Å². The summed E-state index contributed by atoms with van der Waals surface area (Å²) in [4.78, 5) is 10.5. The first-order valence-electron chi connectivity index (χ1n) is 3.60. The molecule has 0 fully saturated rings. The fraction of sp³-hybridized carbons (Fsp3) is 0.111. The second kappa shape index (κ2) is 4.48. The molecule has 0 heterocycles. The van der Waals surface area contributed by atoms with Gasteiger partial charge < -0.3 is 5.11 Å². The Morgan fingerprint density at radius 2 is 1.92 bits per heavy atom. The molecular weight excluding hydrogens is 252 g/mol. The first-order valence-corrected chi connectivity index (χ1v) is 4.80. The van der Waals surface area contributed by atoms with Gasteiger partial charge in [0.05, 0.1) is 0 Å². The Morgan fingerprint density at radius 3 is 2.38 bits per heavy atom. The summed E-state index contributed by atoms with van der Waals surface area (Å²) in [6, 6.07) is 7.41. The second-order valence-corrected chi connectivity index (χ2v) is 3.94. The molecule has 0 amide bonds. The van der Waals surface area contributed by atoms with Crippen molar-refractivity contribution in [1.82, 2.24) is 0 Å². The molecule has 0 aromatic heterocycles. The Morgan fingerprint density at radius 1 is 1.38 bits per heavy atom. The number of hydrogen-bond acceptors (Lipinski definition) is 2. The molecule has 2 nitrogen and oxygen atoms in total. The predicted octanol–water partition coefficient (Wildman–Crippen LogP) is 2.45. The molecule has 0 atom stereocenters. The van der Waals surface area contributed by atoms with Crippen LogP contribution in [0.4, 0.5) is 0 Å². The first kappa shape index (κ1) is 10.3. The molecular formula is C9H7BrO2S. The van der Waals surface area contributed by atoms with Crippen molar-refractivity contribution in [3.8, 4) is 0 Å². The van der Waals surface area contributed by atoms with Crippen LogP contribution < -0.4 is 0 Å². The minimum atomic E-state index is -1.02. The van der Waals surface area contributed by atoms with Crippen LogP contribution in [0.15, 0.2) is 28.7 Å². The van der Waals surface area contributed by atoms with Gasteiger partial charge in [0, 0.05) is 10.9 Å². The number of rotatable bonds is 3. The topological polar surface area (TPSA) is 37.3 Å². The molecule has 1 rings (SSSR count). The number of hydrogen-bond donors (Lipinski definition) is 1. The summed E-state index contributed by atoms with van der Waals surface area (Å²) >= 11 is 7.97. The molecule has 0 saturated carbocycles. The van der Waals surface area contributed by atoms with Crippen LogP contribution in [0.2, 0.25) is 0 Å². The highest BCUT2D eigenvalue weighted by Gasteiger charge is 2.06. The zero-order valence-corrected chi connectivity index (χ0v) is 9.06. The van der Waals surface area contributed by atoms with E-state index in [4.69, 9.17) is 5.11 Å². The number of carbonyl (C=O) groups is 1. The van der Waals surface area contributed by atoms with Gasteiger partial charge in [-0.15, -0.1) is 0 Å². The second-order valence-electron chi connectivity index (χ2n) is 2.53. The van der Waals surface area contributed by atoms with Crippen molar-refractivity contribution in [2.75, 3.05) is 0 Å².